The molecule has 2 aromatic carbocycles. The van der Waals surface area contributed by atoms with Crippen molar-refractivity contribution in [3.05, 3.63) is 69.2 Å². The van der Waals surface area contributed by atoms with Crippen LogP contribution in [0.15, 0.2) is 53.0 Å². The minimum absolute atomic E-state index is 0.287. The van der Waals surface area contributed by atoms with Gasteiger partial charge in [0.15, 0.2) is 0 Å². The molecule has 0 aliphatic heterocycles. The van der Waals surface area contributed by atoms with Crippen LogP contribution in [0.4, 0.5) is 0 Å². The van der Waals surface area contributed by atoms with E-state index in [1.165, 1.54) is 11.1 Å². The second-order valence-electron chi connectivity index (χ2n) is 3.83. The van der Waals surface area contributed by atoms with Gasteiger partial charge in [0.1, 0.15) is 0 Å². The van der Waals surface area contributed by atoms with E-state index in [2.05, 4.69) is 62.2 Å². The molecule has 3 heteroatoms. The van der Waals surface area contributed by atoms with Crippen LogP contribution in [0.3, 0.4) is 0 Å². The molecule has 0 saturated carbocycles. The van der Waals surface area contributed by atoms with E-state index < -0.39 is 0 Å². The lowest BCUT2D eigenvalue weighted by atomic mass is 10.0. The average Bonchev–Trinajstić information content (AvgIpc) is 2.34. The summed E-state index contributed by atoms with van der Waals surface area (Å²) >= 11 is 13.2. The Morgan fingerprint density at radius 3 is 2.41 bits per heavy atom. The van der Waals surface area contributed by atoms with Crippen molar-refractivity contribution in [1.82, 2.24) is 0 Å². The van der Waals surface area contributed by atoms with E-state index in [1.807, 2.05) is 18.2 Å². The zero-order valence-electron chi connectivity index (χ0n) is 9.04. The SMILES string of the molecule is Clc1cc(C(Br)Cc2ccccc2)ccc1Br. The first-order chi connectivity index (χ1) is 8.16. The molecule has 1 unspecified atom stereocenters. The van der Waals surface area contributed by atoms with Gasteiger partial charge in [0.25, 0.3) is 0 Å². The van der Waals surface area contributed by atoms with Crippen LogP contribution in [0.25, 0.3) is 0 Å². The van der Waals surface area contributed by atoms with Crippen LogP contribution in [-0.4, -0.2) is 0 Å². The van der Waals surface area contributed by atoms with E-state index in [-0.39, 0.29) is 4.83 Å². The summed E-state index contributed by atoms with van der Waals surface area (Å²) in [6.45, 7) is 0. The van der Waals surface area contributed by atoms with Crippen molar-refractivity contribution in [3.63, 3.8) is 0 Å². The number of benzene rings is 2. The van der Waals surface area contributed by atoms with Gasteiger partial charge in [0.05, 0.1) is 5.02 Å². The lowest BCUT2D eigenvalue weighted by Crippen LogP contribution is -1.95. The minimum atomic E-state index is 0.287. The van der Waals surface area contributed by atoms with Crippen molar-refractivity contribution in [2.75, 3.05) is 0 Å². The van der Waals surface area contributed by atoms with E-state index in [1.54, 1.807) is 0 Å². The number of rotatable bonds is 3. The molecular weight excluding hydrogens is 363 g/mol. The van der Waals surface area contributed by atoms with Crippen LogP contribution in [0.5, 0.6) is 0 Å². The van der Waals surface area contributed by atoms with Crippen LogP contribution in [0, 0.1) is 0 Å². The fourth-order valence-corrected chi connectivity index (χ4v) is 2.74. The van der Waals surface area contributed by atoms with Gasteiger partial charge in [-0.25, -0.2) is 0 Å². The van der Waals surface area contributed by atoms with E-state index in [0.717, 1.165) is 15.9 Å². The van der Waals surface area contributed by atoms with Gasteiger partial charge < -0.3 is 0 Å². The topological polar surface area (TPSA) is 0 Å². The third-order valence-corrected chi connectivity index (χ3v) is 4.65. The van der Waals surface area contributed by atoms with Crippen LogP contribution >= 0.6 is 43.5 Å². The summed E-state index contributed by atoms with van der Waals surface area (Å²) in [5.41, 5.74) is 2.51. The number of hydrogen-bond donors (Lipinski definition) is 0. The summed E-state index contributed by atoms with van der Waals surface area (Å²) < 4.78 is 0.933. The molecule has 0 saturated heterocycles. The molecule has 0 amide bonds. The fraction of sp³-hybridized carbons (Fsp3) is 0.143. The zero-order chi connectivity index (χ0) is 12.3. The Morgan fingerprint density at radius 2 is 1.76 bits per heavy atom. The Bertz CT molecular complexity index is 497. The van der Waals surface area contributed by atoms with E-state index in [0.29, 0.717) is 0 Å². The highest BCUT2D eigenvalue weighted by Crippen LogP contribution is 2.31. The third-order valence-electron chi connectivity index (χ3n) is 2.56. The van der Waals surface area contributed by atoms with Gasteiger partial charge in [0, 0.05) is 9.30 Å². The van der Waals surface area contributed by atoms with Crippen LogP contribution in [0.2, 0.25) is 5.02 Å². The Morgan fingerprint density at radius 1 is 1.06 bits per heavy atom. The van der Waals surface area contributed by atoms with Gasteiger partial charge in [-0.1, -0.05) is 63.9 Å². The molecule has 0 fully saturated rings. The summed E-state index contributed by atoms with van der Waals surface area (Å²) in [5, 5.41) is 0.750. The number of hydrogen-bond acceptors (Lipinski definition) is 0. The highest BCUT2D eigenvalue weighted by Gasteiger charge is 2.09. The smallest absolute Gasteiger partial charge is 0.0551 e. The van der Waals surface area contributed by atoms with Crippen molar-refractivity contribution in [1.29, 1.82) is 0 Å². The first-order valence-corrected chi connectivity index (χ1v) is 7.38. The number of alkyl halides is 1. The summed E-state index contributed by atoms with van der Waals surface area (Å²) in [5.74, 6) is 0. The fourth-order valence-electron chi connectivity index (χ4n) is 1.65. The van der Waals surface area contributed by atoms with Crippen molar-refractivity contribution >= 4 is 43.5 Å². The van der Waals surface area contributed by atoms with Gasteiger partial charge in [0.2, 0.25) is 0 Å². The van der Waals surface area contributed by atoms with Gasteiger partial charge in [-0.05, 0) is 45.6 Å². The third kappa shape index (κ3) is 3.57. The summed E-state index contributed by atoms with van der Waals surface area (Å²) in [7, 11) is 0. The average molecular weight is 375 g/mol. The van der Waals surface area contributed by atoms with Gasteiger partial charge in [-0.15, -0.1) is 0 Å². The van der Waals surface area contributed by atoms with E-state index in [4.69, 9.17) is 11.6 Å². The maximum Gasteiger partial charge on any atom is 0.0551 e. The highest BCUT2D eigenvalue weighted by molar-refractivity contribution is 9.10. The molecule has 0 nitrogen and oxygen atoms in total. The van der Waals surface area contributed by atoms with Crippen molar-refractivity contribution in [3.8, 4) is 0 Å². The van der Waals surface area contributed by atoms with Gasteiger partial charge >= 0.3 is 0 Å². The molecule has 0 radical (unpaired) electrons. The van der Waals surface area contributed by atoms with Crippen LogP contribution in [-0.2, 0) is 6.42 Å². The standard InChI is InChI=1S/C14H11Br2Cl/c15-12-7-6-11(9-14(12)17)13(16)8-10-4-2-1-3-5-10/h1-7,9,13H,8H2. The minimum Gasteiger partial charge on any atom is -0.0835 e. The largest absolute Gasteiger partial charge is 0.0835 e. The molecule has 2 aromatic rings. The monoisotopic (exact) mass is 372 g/mol. The maximum atomic E-state index is 6.09. The Labute approximate surface area is 123 Å². The van der Waals surface area contributed by atoms with Crippen LogP contribution < -0.4 is 0 Å². The second-order valence-corrected chi connectivity index (χ2v) is 6.20. The molecule has 88 valence electrons. The molecule has 1 atom stereocenters. The number of halogens is 3. The predicted molar refractivity (Wildman–Crippen MR) is 81.0 cm³/mol. The summed E-state index contributed by atoms with van der Waals surface area (Å²) in [4.78, 5) is 0.287. The second kappa shape index (κ2) is 6.03. The molecule has 2 rings (SSSR count). The maximum absolute atomic E-state index is 6.09. The summed E-state index contributed by atoms with van der Waals surface area (Å²) in [6, 6.07) is 16.5. The van der Waals surface area contributed by atoms with Crippen molar-refractivity contribution in [2.45, 2.75) is 11.2 Å². The lowest BCUT2D eigenvalue weighted by Gasteiger charge is -2.11. The molecule has 0 aliphatic carbocycles. The van der Waals surface area contributed by atoms with E-state index in [9.17, 15) is 0 Å². The molecule has 0 aliphatic rings. The van der Waals surface area contributed by atoms with Crippen molar-refractivity contribution in [2.24, 2.45) is 0 Å². The quantitative estimate of drug-likeness (QED) is 0.597. The lowest BCUT2D eigenvalue weighted by molar-refractivity contribution is 0.949. The van der Waals surface area contributed by atoms with Gasteiger partial charge in [-0.2, -0.15) is 0 Å². The zero-order valence-corrected chi connectivity index (χ0v) is 13.0. The molecule has 17 heavy (non-hydrogen) atoms. The predicted octanol–water partition coefficient (Wildman–Crippen LogP) is 5.78. The first kappa shape index (κ1) is 13.1. The molecule has 0 aromatic heterocycles. The molecule has 0 spiro atoms. The Hall–Kier alpha value is -0.310. The molecule has 0 bridgehead atoms. The first-order valence-electron chi connectivity index (χ1n) is 5.30. The van der Waals surface area contributed by atoms with Gasteiger partial charge in [-0.3, -0.25) is 0 Å². The summed E-state index contributed by atoms with van der Waals surface area (Å²) in [6.07, 6.45) is 0.957. The molecule has 0 heterocycles. The normalized spacial score (nSPS) is 12.4. The highest BCUT2D eigenvalue weighted by atomic mass is 79.9. The van der Waals surface area contributed by atoms with E-state index >= 15 is 0 Å². The Kier molecular flexibility index (Phi) is 4.66. The Balaban J connectivity index is 2.14. The molecule has 0 N–H and O–H groups in total. The van der Waals surface area contributed by atoms with Crippen LogP contribution in [0.1, 0.15) is 16.0 Å². The molecular formula is C14H11Br2Cl. The van der Waals surface area contributed by atoms with Crippen molar-refractivity contribution < 1.29 is 0 Å².